The van der Waals surface area contributed by atoms with E-state index in [9.17, 15) is 4.79 Å². The number of unbranched alkanes of at least 4 members (excludes halogenated alkanes) is 1. The lowest BCUT2D eigenvalue weighted by Crippen LogP contribution is -2.29. The summed E-state index contributed by atoms with van der Waals surface area (Å²) in [6.45, 7) is 2.77. The second-order valence-corrected chi connectivity index (χ2v) is 3.63. The molecule has 0 aliphatic rings. The molecule has 1 aromatic carbocycles. The number of ether oxygens (including phenoxy) is 1. The predicted molar refractivity (Wildman–Crippen MR) is 67.8 cm³/mol. The molecule has 0 bridgehead atoms. The maximum atomic E-state index is 11.4. The lowest BCUT2D eigenvalue weighted by atomic mass is 10.2. The molecule has 0 aromatic heterocycles. The molecule has 0 saturated heterocycles. The first-order chi connectivity index (χ1) is 8.27. The van der Waals surface area contributed by atoms with Gasteiger partial charge >= 0.3 is 0 Å². The van der Waals surface area contributed by atoms with Crippen LogP contribution >= 0.6 is 0 Å². The van der Waals surface area contributed by atoms with Crippen LogP contribution in [0.15, 0.2) is 24.3 Å². The second kappa shape index (κ2) is 7.34. The standard InChI is InChI=1S/C14H17NO2/c1-3-5-10-15-14(16)11-17-13-9-7-6-8-12(13)4-2/h2,6-9H,3,5,10-11H2,1H3,(H,15,16). The molecule has 3 heteroatoms. The highest BCUT2D eigenvalue weighted by Gasteiger charge is 2.04. The van der Waals surface area contributed by atoms with Crippen molar-refractivity contribution in [3.63, 3.8) is 0 Å². The third kappa shape index (κ3) is 4.60. The fourth-order valence-electron chi connectivity index (χ4n) is 1.31. The highest BCUT2D eigenvalue weighted by Crippen LogP contribution is 2.15. The topological polar surface area (TPSA) is 38.3 Å². The molecular weight excluding hydrogens is 214 g/mol. The number of rotatable bonds is 6. The average Bonchev–Trinajstić information content (AvgIpc) is 2.37. The summed E-state index contributed by atoms with van der Waals surface area (Å²) in [6.07, 6.45) is 7.36. The normalized spacial score (nSPS) is 9.41. The van der Waals surface area contributed by atoms with Crippen molar-refractivity contribution in [2.75, 3.05) is 13.2 Å². The maximum absolute atomic E-state index is 11.4. The van der Waals surface area contributed by atoms with E-state index in [0.717, 1.165) is 12.8 Å². The van der Waals surface area contributed by atoms with Crippen LogP contribution in [-0.2, 0) is 4.79 Å². The van der Waals surface area contributed by atoms with Crippen LogP contribution in [0.1, 0.15) is 25.3 Å². The van der Waals surface area contributed by atoms with Gasteiger partial charge in [-0.3, -0.25) is 4.79 Å². The molecule has 0 saturated carbocycles. The first-order valence-corrected chi connectivity index (χ1v) is 5.73. The van der Waals surface area contributed by atoms with Gasteiger partial charge in [0.25, 0.3) is 5.91 Å². The van der Waals surface area contributed by atoms with Gasteiger partial charge in [-0.15, -0.1) is 6.42 Å². The lowest BCUT2D eigenvalue weighted by molar-refractivity contribution is -0.123. The Labute approximate surface area is 102 Å². The lowest BCUT2D eigenvalue weighted by Gasteiger charge is -2.08. The largest absolute Gasteiger partial charge is 0.482 e. The fraction of sp³-hybridized carbons (Fsp3) is 0.357. The van der Waals surface area contributed by atoms with Crippen molar-refractivity contribution in [1.29, 1.82) is 0 Å². The molecule has 0 atom stereocenters. The first kappa shape index (κ1) is 13.1. The quantitative estimate of drug-likeness (QED) is 0.600. The SMILES string of the molecule is C#Cc1ccccc1OCC(=O)NCCCC. The minimum absolute atomic E-state index is 0.00239. The molecule has 0 heterocycles. The Hall–Kier alpha value is -1.95. The Balaban J connectivity index is 2.40. The molecule has 3 nitrogen and oxygen atoms in total. The Bertz CT molecular complexity index is 407. The summed E-state index contributed by atoms with van der Waals surface area (Å²) in [4.78, 5) is 11.4. The van der Waals surface area contributed by atoms with E-state index in [1.165, 1.54) is 0 Å². The van der Waals surface area contributed by atoms with E-state index in [1.807, 2.05) is 12.1 Å². The molecule has 1 N–H and O–H groups in total. The molecule has 0 aliphatic carbocycles. The van der Waals surface area contributed by atoms with E-state index in [-0.39, 0.29) is 12.5 Å². The molecule has 1 aromatic rings. The number of carbonyl (C=O) groups excluding carboxylic acids is 1. The Morgan fingerprint density at radius 2 is 2.24 bits per heavy atom. The number of benzene rings is 1. The number of carbonyl (C=O) groups is 1. The summed E-state index contributed by atoms with van der Waals surface area (Å²) in [5.74, 6) is 2.96. The molecular formula is C14H17NO2. The predicted octanol–water partition coefficient (Wildman–Crippen LogP) is 1.96. The number of hydrogen-bond acceptors (Lipinski definition) is 2. The van der Waals surface area contributed by atoms with Gasteiger partial charge in [0.05, 0.1) is 5.56 Å². The third-order valence-electron chi connectivity index (χ3n) is 2.25. The molecule has 1 amide bonds. The smallest absolute Gasteiger partial charge is 0.257 e. The van der Waals surface area contributed by atoms with Crippen LogP contribution in [0.2, 0.25) is 0 Å². The maximum Gasteiger partial charge on any atom is 0.257 e. The van der Waals surface area contributed by atoms with Gasteiger partial charge in [-0.25, -0.2) is 0 Å². The van der Waals surface area contributed by atoms with Crippen molar-refractivity contribution >= 4 is 5.91 Å². The molecule has 0 spiro atoms. The van der Waals surface area contributed by atoms with Crippen molar-refractivity contribution in [3.05, 3.63) is 29.8 Å². The zero-order valence-electron chi connectivity index (χ0n) is 10.0. The molecule has 90 valence electrons. The van der Waals surface area contributed by atoms with Crippen molar-refractivity contribution < 1.29 is 9.53 Å². The van der Waals surface area contributed by atoms with E-state index in [0.29, 0.717) is 17.9 Å². The van der Waals surface area contributed by atoms with Crippen molar-refractivity contribution in [1.82, 2.24) is 5.32 Å². The van der Waals surface area contributed by atoms with Gasteiger partial charge < -0.3 is 10.1 Å². The first-order valence-electron chi connectivity index (χ1n) is 5.73. The second-order valence-electron chi connectivity index (χ2n) is 3.63. The van der Waals surface area contributed by atoms with Gasteiger partial charge in [-0.1, -0.05) is 31.4 Å². The summed E-state index contributed by atoms with van der Waals surface area (Å²) in [5, 5.41) is 2.78. The van der Waals surface area contributed by atoms with Crippen molar-refractivity contribution in [2.45, 2.75) is 19.8 Å². The third-order valence-corrected chi connectivity index (χ3v) is 2.25. The van der Waals surface area contributed by atoms with Gasteiger partial charge in [-0.05, 0) is 18.6 Å². The Morgan fingerprint density at radius 1 is 1.47 bits per heavy atom. The summed E-state index contributed by atoms with van der Waals surface area (Å²) in [7, 11) is 0. The van der Waals surface area contributed by atoms with Gasteiger partial charge in [0.15, 0.2) is 6.61 Å². The van der Waals surface area contributed by atoms with E-state index in [1.54, 1.807) is 12.1 Å². The number of para-hydroxylation sites is 1. The number of amides is 1. The van der Waals surface area contributed by atoms with Gasteiger partial charge in [0.2, 0.25) is 0 Å². The summed E-state index contributed by atoms with van der Waals surface area (Å²) in [6, 6.07) is 7.20. The van der Waals surface area contributed by atoms with Gasteiger partial charge in [-0.2, -0.15) is 0 Å². The molecule has 1 rings (SSSR count). The number of hydrogen-bond donors (Lipinski definition) is 1. The summed E-state index contributed by atoms with van der Waals surface area (Å²) >= 11 is 0. The molecule has 0 radical (unpaired) electrons. The Morgan fingerprint density at radius 3 is 2.94 bits per heavy atom. The molecule has 17 heavy (non-hydrogen) atoms. The van der Waals surface area contributed by atoms with Crippen LogP contribution in [0.3, 0.4) is 0 Å². The minimum Gasteiger partial charge on any atom is -0.482 e. The average molecular weight is 231 g/mol. The van der Waals surface area contributed by atoms with Crippen LogP contribution in [0.4, 0.5) is 0 Å². The zero-order valence-corrected chi connectivity index (χ0v) is 10.0. The highest BCUT2D eigenvalue weighted by atomic mass is 16.5. The minimum atomic E-state index is -0.120. The molecule has 0 unspecified atom stereocenters. The van der Waals surface area contributed by atoms with Crippen LogP contribution in [0.25, 0.3) is 0 Å². The van der Waals surface area contributed by atoms with Crippen LogP contribution in [0, 0.1) is 12.3 Å². The van der Waals surface area contributed by atoms with E-state index < -0.39 is 0 Å². The number of nitrogens with one attached hydrogen (secondary N) is 1. The molecule has 0 fully saturated rings. The zero-order chi connectivity index (χ0) is 12.5. The summed E-state index contributed by atoms with van der Waals surface area (Å²) in [5.41, 5.74) is 0.661. The summed E-state index contributed by atoms with van der Waals surface area (Å²) < 4.78 is 5.37. The highest BCUT2D eigenvalue weighted by molar-refractivity contribution is 5.77. The van der Waals surface area contributed by atoms with Gasteiger partial charge in [0, 0.05) is 6.54 Å². The number of terminal acetylenes is 1. The van der Waals surface area contributed by atoms with Crippen LogP contribution in [-0.4, -0.2) is 19.1 Å². The fourth-order valence-corrected chi connectivity index (χ4v) is 1.31. The molecule has 0 aliphatic heterocycles. The van der Waals surface area contributed by atoms with Gasteiger partial charge in [0.1, 0.15) is 5.75 Å². The van der Waals surface area contributed by atoms with Crippen LogP contribution in [0.5, 0.6) is 5.75 Å². The van der Waals surface area contributed by atoms with E-state index in [2.05, 4.69) is 18.2 Å². The van der Waals surface area contributed by atoms with Crippen LogP contribution < -0.4 is 10.1 Å². The van der Waals surface area contributed by atoms with E-state index >= 15 is 0 Å². The van der Waals surface area contributed by atoms with Crippen molar-refractivity contribution in [3.8, 4) is 18.1 Å². The Kier molecular flexibility index (Phi) is 5.67. The monoisotopic (exact) mass is 231 g/mol. The van der Waals surface area contributed by atoms with E-state index in [4.69, 9.17) is 11.2 Å². The van der Waals surface area contributed by atoms with Crippen molar-refractivity contribution in [2.24, 2.45) is 0 Å².